The van der Waals surface area contributed by atoms with E-state index < -0.39 is 27.7 Å². The lowest BCUT2D eigenvalue weighted by atomic mass is 10.0. The molecule has 26 heavy (non-hydrogen) atoms. The standard InChI is InChI=1S/C19H16F2N2O2S/c20-15-6-8-17(9-7-15)26(24,25)23-12-11-22-10-2-5-18(22)19(23)14-3-1-4-16(21)13-14/h1-10,13,19H,11-12H2. The first kappa shape index (κ1) is 16.9. The average molecular weight is 374 g/mol. The van der Waals surface area contributed by atoms with Crippen LogP contribution in [0.25, 0.3) is 0 Å². The number of rotatable bonds is 3. The van der Waals surface area contributed by atoms with Gasteiger partial charge < -0.3 is 4.57 Å². The molecule has 1 aliphatic rings. The van der Waals surface area contributed by atoms with Gasteiger partial charge in [0.25, 0.3) is 0 Å². The van der Waals surface area contributed by atoms with E-state index in [4.69, 9.17) is 0 Å². The lowest BCUT2D eigenvalue weighted by Gasteiger charge is -2.36. The molecule has 0 spiro atoms. The van der Waals surface area contributed by atoms with Crippen LogP contribution in [0.4, 0.5) is 8.78 Å². The summed E-state index contributed by atoms with van der Waals surface area (Å²) in [5.74, 6) is -0.927. The summed E-state index contributed by atoms with van der Waals surface area (Å²) < 4.78 is 56.7. The minimum absolute atomic E-state index is 0.0142. The summed E-state index contributed by atoms with van der Waals surface area (Å²) in [4.78, 5) is 0.0142. The number of hydrogen-bond acceptors (Lipinski definition) is 2. The zero-order valence-corrected chi connectivity index (χ0v) is 14.5. The van der Waals surface area contributed by atoms with Crippen LogP contribution >= 0.6 is 0 Å². The highest BCUT2D eigenvalue weighted by atomic mass is 32.2. The van der Waals surface area contributed by atoms with Crippen molar-refractivity contribution in [3.8, 4) is 0 Å². The molecule has 0 N–H and O–H groups in total. The second kappa shape index (κ2) is 6.34. The second-order valence-electron chi connectivity index (χ2n) is 6.15. The summed E-state index contributed by atoms with van der Waals surface area (Å²) >= 11 is 0. The summed E-state index contributed by atoms with van der Waals surface area (Å²) in [6, 6.07) is 13.7. The number of fused-ring (bicyclic) bond motifs is 1. The molecule has 0 saturated heterocycles. The molecule has 4 rings (SSSR count). The van der Waals surface area contributed by atoms with Crippen LogP contribution in [-0.2, 0) is 16.6 Å². The van der Waals surface area contributed by atoms with E-state index in [9.17, 15) is 17.2 Å². The largest absolute Gasteiger partial charge is 0.348 e. The molecule has 1 aromatic heterocycles. The molecule has 1 unspecified atom stereocenters. The molecule has 1 aliphatic heterocycles. The zero-order valence-electron chi connectivity index (χ0n) is 13.7. The predicted octanol–water partition coefficient (Wildman–Crippen LogP) is 3.56. The third-order valence-corrected chi connectivity index (χ3v) is 6.46. The highest BCUT2D eigenvalue weighted by Crippen LogP contribution is 2.36. The molecule has 0 fully saturated rings. The molecule has 1 atom stereocenters. The topological polar surface area (TPSA) is 42.3 Å². The number of nitrogens with zero attached hydrogens (tertiary/aromatic N) is 2. The van der Waals surface area contributed by atoms with Gasteiger partial charge in [-0.25, -0.2) is 17.2 Å². The fraction of sp³-hybridized carbons (Fsp3) is 0.158. The van der Waals surface area contributed by atoms with Crippen molar-refractivity contribution in [3.05, 3.63) is 89.8 Å². The highest BCUT2D eigenvalue weighted by molar-refractivity contribution is 7.89. The van der Waals surface area contributed by atoms with Crippen LogP contribution in [0.1, 0.15) is 17.3 Å². The van der Waals surface area contributed by atoms with E-state index in [1.165, 1.54) is 28.6 Å². The maximum atomic E-state index is 13.8. The third kappa shape index (κ3) is 2.83. The van der Waals surface area contributed by atoms with E-state index in [1.807, 2.05) is 22.9 Å². The van der Waals surface area contributed by atoms with Crippen molar-refractivity contribution in [2.75, 3.05) is 6.54 Å². The Morgan fingerprint density at radius 3 is 2.38 bits per heavy atom. The zero-order chi connectivity index (χ0) is 18.3. The lowest BCUT2D eigenvalue weighted by molar-refractivity contribution is 0.298. The van der Waals surface area contributed by atoms with Gasteiger partial charge in [-0.2, -0.15) is 4.31 Å². The van der Waals surface area contributed by atoms with E-state index in [-0.39, 0.29) is 11.4 Å². The van der Waals surface area contributed by atoms with E-state index in [0.717, 1.165) is 17.8 Å². The highest BCUT2D eigenvalue weighted by Gasteiger charge is 2.37. The number of hydrogen-bond donors (Lipinski definition) is 0. The molecule has 0 radical (unpaired) electrons. The predicted molar refractivity (Wildman–Crippen MR) is 93.0 cm³/mol. The van der Waals surface area contributed by atoms with Gasteiger partial charge in [-0.05, 0) is 54.1 Å². The summed E-state index contributed by atoms with van der Waals surface area (Å²) in [7, 11) is -3.88. The number of benzene rings is 2. The quantitative estimate of drug-likeness (QED) is 0.704. The Bertz CT molecular complexity index is 1050. The Morgan fingerprint density at radius 2 is 1.65 bits per heavy atom. The average Bonchev–Trinajstić information content (AvgIpc) is 3.10. The first-order chi connectivity index (χ1) is 12.5. The Morgan fingerprint density at radius 1 is 0.885 bits per heavy atom. The van der Waals surface area contributed by atoms with Gasteiger partial charge in [0.2, 0.25) is 10.0 Å². The number of aromatic nitrogens is 1. The van der Waals surface area contributed by atoms with E-state index in [1.54, 1.807) is 12.1 Å². The second-order valence-corrected chi connectivity index (χ2v) is 8.04. The molecular formula is C19H16F2N2O2S. The Balaban J connectivity index is 1.85. The van der Waals surface area contributed by atoms with Crippen molar-refractivity contribution >= 4 is 10.0 Å². The molecule has 7 heteroatoms. The maximum absolute atomic E-state index is 13.8. The van der Waals surface area contributed by atoms with E-state index in [2.05, 4.69) is 0 Å². The van der Waals surface area contributed by atoms with Crippen LogP contribution in [0.15, 0.2) is 71.8 Å². The van der Waals surface area contributed by atoms with Crippen molar-refractivity contribution < 1.29 is 17.2 Å². The molecule has 2 aromatic carbocycles. The fourth-order valence-corrected chi connectivity index (χ4v) is 4.96. The van der Waals surface area contributed by atoms with E-state index >= 15 is 0 Å². The van der Waals surface area contributed by atoms with Crippen LogP contribution < -0.4 is 0 Å². The van der Waals surface area contributed by atoms with Gasteiger partial charge in [0, 0.05) is 25.0 Å². The van der Waals surface area contributed by atoms with Crippen molar-refractivity contribution in [2.24, 2.45) is 0 Å². The summed E-state index contributed by atoms with van der Waals surface area (Å²) in [6.45, 7) is 0.733. The monoisotopic (exact) mass is 374 g/mol. The van der Waals surface area contributed by atoms with Gasteiger partial charge in [-0.15, -0.1) is 0 Å². The maximum Gasteiger partial charge on any atom is 0.244 e. The number of halogens is 2. The Hall–Kier alpha value is -2.51. The summed E-state index contributed by atoms with van der Waals surface area (Å²) in [6.07, 6.45) is 1.88. The van der Waals surface area contributed by atoms with Crippen molar-refractivity contribution in [2.45, 2.75) is 17.5 Å². The summed E-state index contributed by atoms with van der Waals surface area (Å²) in [5.41, 5.74) is 1.32. The summed E-state index contributed by atoms with van der Waals surface area (Å²) in [5, 5.41) is 0. The fourth-order valence-electron chi connectivity index (χ4n) is 3.38. The normalized spacial score (nSPS) is 17.8. The Kier molecular flexibility index (Phi) is 4.13. The van der Waals surface area contributed by atoms with Gasteiger partial charge >= 0.3 is 0 Å². The third-order valence-electron chi connectivity index (χ3n) is 4.58. The van der Waals surface area contributed by atoms with Crippen LogP contribution in [0.5, 0.6) is 0 Å². The smallest absolute Gasteiger partial charge is 0.244 e. The van der Waals surface area contributed by atoms with Crippen molar-refractivity contribution in [3.63, 3.8) is 0 Å². The van der Waals surface area contributed by atoms with Crippen LogP contribution in [0.2, 0.25) is 0 Å². The molecule has 134 valence electrons. The molecule has 0 amide bonds. The minimum atomic E-state index is -3.88. The molecular weight excluding hydrogens is 358 g/mol. The molecule has 2 heterocycles. The van der Waals surface area contributed by atoms with Gasteiger partial charge in [-0.3, -0.25) is 0 Å². The van der Waals surface area contributed by atoms with Gasteiger partial charge in [0.05, 0.1) is 10.9 Å². The lowest BCUT2D eigenvalue weighted by Crippen LogP contribution is -2.42. The van der Waals surface area contributed by atoms with Crippen LogP contribution in [-0.4, -0.2) is 23.8 Å². The minimum Gasteiger partial charge on any atom is -0.348 e. The van der Waals surface area contributed by atoms with Crippen molar-refractivity contribution in [1.82, 2.24) is 8.87 Å². The molecule has 0 aliphatic carbocycles. The Labute approximate surface area is 150 Å². The molecule has 0 saturated carbocycles. The first-order valence-corrected chi connectivity index (χ1v) is 9.59. The molecule has 4 nitrogen and oxygen atoms in total. The molecule has 0 bridgehead atoms. The van der Waals surface area contributed by atoms with Gasteiger partial charge in [-0.1, -0.05) is 12.1 Å². The first-order valence-electron chi connectivity index (χ1n) is 8.15. The van der Waals surface area contributed by atoms with Crippen LogP contribution in [0.3, 0.4) is 0 Å². The van der Waals surface area contributed by atoms with Gasteiger partial charge in [0.1, 0.15) is 11.6 Å². The number of sulfonamides is 1. The SMILES string of the molecule is O=S(=O)(c1ccc(F)cc1)N1CCn2cccc2C1c1cccc(F)c1. The van der Waals surface area contributed by atoms with E-state index in [0.29, 0.717) is 12.1 Å². The van der Waals surface area contributed by atoms with Crippen molar-refractivity contribution in [1.29, 1.82) is 0 Å². The molecule has 3 aromatic rings. The van der Waals surface area contributed by atoms with Gasteiger partial charge in [0.15, 0.2) is 0 Å². The van der Waals surface area contributed by atoms with Crippen LogP contribution in [0, 0.1) is 11.6 Å².